The van der Waals surface area contributed by atoms with E-state index in [0.29, 0.717) is 6.42 Å². The average molecular weight is 200 g/mol. The summed E-state index contributed by atoms with van der Waals surface area (Å²) in [6, 6.07) is -0.825. The van der Waals surface area contributed by atoms with Crippen LogP contribution in [0.1, 0.15) is 16.1 Å². The summed E-state index contributed by atoms with van der Waals surface area (Å²) in [5, 5.41) is 8.62. The first-order valence-corrected chi connectivity index (χ1v) is 4.70. The molecule has 3 N–H and O–H groups in total. The summed E-state index contributed by atoms with van der Waals surface area (Å²) >= 11 is 1.39. The summed E-state index contributed by atoms with van der Waals surface area (Å²) < 4.78 is 4.12. The van der Waals surface area contributed by atoms with Crippen molar-refractivity contribution in [1.29, 1.82) is 0 Å². The van der Waals surface area contributed by atoms with E-state index in [0.717, 1.165) is 16.1 Å². The maximum atomic E-state index is 10.5. The van der Waals surface area contributed by atoms with Gasteiger partial charge in [-0.1, -0.05) is 0 Å². The van der Waals surface area contributed by atoms with Crippen molar-refractivity contribution in [2.75, 3.05) is 0 Å². The molecule has 13 heavy (non-hydrogen) atoms. The van der Waals surface area contributed by atoms with Gasteiger partial charge in [0.2, 0.25) is 0 Å². The lowest BCUT2D eigenvalue weighted by atomic mass is 10.1. The van der Waals surface area contributed by atoms with Crippen LogP contribution in [0.2, 0.25) is 0 Å². The number of nitrogens with zero attached hydrogens (tertiary/aromatic N) is 1. The van der Waals surface area contributed by atoms with Crippen LogP contribution in [0.15, 0.2) is 0 Å². The fourth-order valence-corrected chi connectivity index (χ4v) is 1.83. The van der Waals surface area contributed by atoms with Crippen molar-refractivity contribution in [1.82, 2.24) is 4.37 Å². The minimum absolute atomic E-state index is 0.365. The molecule has 0 amide bonds. The Labute approximate surface area is 80.6 Å². The Bertz CT molecular complexity index is 302. The van der Waals surface area contributed by atoms with Crippen LogP contribution in [0.3, 0.4) is 0 Å². The number of carboxylic acids is 1. The lowest BCUT2D eigenvalue weighted by Crippen LogP contribution is -2.32. The molecule has 4 nitrogen and oxygen atoms in total. The van der Waals surface area contributed by atoms with Crippen LogP contribution < -0.4 is 5.73 Å². The third-order valence-electron chi connectivity index (χ3n) is 1.92. The highest BCUT2D eigenvalue weighted by molar-refractivity contribution is 7.05. The highest BCUT2D eigenvalue weighted by Crippen LogP contribution is 2.18. The van der Waals surface area contributed by atoms with Gasteiger partial charge >= 0.3 is 5.97 Å². The monoisotopic (exact) mass is 200 g/mol. The first kappa shape index (κ1) is 10.1. The Morgan fingerprint density at radius 3 is 2.69 bits per heavy atom. The average Bonchev–Trinajstić information content (AvgIpc) is 2.35. The Morgan fingerprint density at radius 2 is 2.31 bits per heavy atom. The number of carboxylic acid groups (broad SMARTS) is 1. The molecule has 0 aliphatic heterocycles. The molecule has 1 rings (SSSR count). The second-order valence-corrected chi connectivity index (χ2v) is 3.93. The summed E-state index contributed by atoms with van der Waals surface area (Å²) in [6.45, 7) is 3.79. The minimum Gasteiger partial charge on any atom is -0.480 e. The molecule has 0 saturated heterocycles. The summed E-state index contributed by atoms with van der Waals surface area (Å²) in [4.78, 5) is 11.6. The third-order valence-corrected chi connectivity index (χ3v) is 2.81. The molecule has 0 aromatic carbocycles. The smallest absolute Gasteiger partial charge is 0.320 e. The van der Waals surface area contributed by atoms with Crippen molar-refractivity contribution in [3.63, 3.8) is 0 Å². The van der Waals surface area contributed by atoms with Crippen LogP contribution >= 0.6 is 11.5 Å². The summed E-state index contributed by atoms with van der Waals surface area (Å²) in [6.07, 6.45) is 0.365. The molecule has 1 aromatic rings. The van der Waals surface area contributed by atoms with Gasteiger partial charge in [-0.15, -0.1) is 0 Å². The Kier molecular flexibility index (Phi) is 3.00. The van der Waals surface area contributed by atoms with E-state index in [2.05, 4.69) is 4.37 Å². The Morgan fingerprint density at radius 1 is 1.69 bits per heavy atom. The predicted molar refractivity (Wildman–Crippen MR) is 50.9 cm³/mol. The van der Waals surface area contributed by atoms with Gasteiger partial charge in [-0.2, -0.15) is 4.37 Å². The quantitative estimate of drug-likeness (QED) is 0.753. The second-order valence-electron chi connectivity index (χ2n) is 2.95. The molecule has 1 heterocycles. The first-order valence-electron chi connectivity index (χ1n) is 3.92. The second kappa shape index (κ2) is 3.85. The van der Waals surface area contributed by atoms with Gasteiger partial charge < -0.3 is 10.8 Å². The number of aryl methyl sites for hydroxylation is 2. The van der Waals surface area contributed by atoms with Gasteiger partial charge in [0, 0.05) is 11.3 Å². The number of carbonyl (C=O) groups is 1. The maximum absolute atomic E-state index is 10.5. The fraction of sp³-hybridized carbons (Fsp3) is 0.500. The molecular formula is C8H12N2O2S. The van der Waals surface area contributed by atoms with Gasteiger partial charge in [0.05, 0.1) is 5.69 Å². The number of rotatable bonds is 3. The SMILES string of the molecule is Cc1nsc(C)c1CC(N)C(=O)O. The van der Waals surface area contributed by atoms with Crippen molar-refractivity contribution in [3.05, 3.63) is 16.1 Å². The third kappa shape index (κ3) is 2.26. The van der Waals surface area contributed by atoms with E-state index in [1.165, 1.54) is 11.5 Å². The predicted octanol–water partition coefficient (Wildman–Crippen LogP) is 0.714. The van der Waals surface area contributed by atoms with Crippen molar-refractivity contribution in [3.8, 4) is 0 Å². The molecule has 1 atom stereocenters. The summed E-state index contributed by atoms with van der Waals surface area (Å²) in [5.74, 6) is -0.968. The van der Waals surface area contributed by atoms with Crippen LogP contribution in [-0.2, 0) is 11.2 Å². The molecule has 0 saturated carbocycles. The Hall–Kier alpha value is -0.940. The van der Waals surface area contributed by atoms with Gasteiger partial charge in [0.15, 0.2) is 0 Å². The maximum Gasteiger partial charge on any atom is 0.320 e. The van der Waals surface area contributed by atoms with Crippen molar-refractivity contribution < 1.29 is 9.90 Å². The number of hydrogen-bond acceptors (Lipinski definition) is 4. The van der Waals surface area contributed by atoms with Gasteiger partial charge in [-0.25, -0.2) is 0 Å². The van der Waals surface area contributed by atoms with Crippen LogP contribution in [0.25, 0.3) is 0 Å². The molecule has 0 aliphatic carbocycles. The molecular weight excluding hydrogens is 188 g/mol. The number of nitrogens with two attached hydrogens (primary N) is 1. The largest absolute Gasteiger partial charge is 0.480 e. The first-order chi connectivity index (χ1) is 6.02. The van der Waals surface area contributed by atoms with E-state index in [1.807, 2.05) is 13.8 Å². The zero-order valence-corrected chi connectivity index (χ0v) is 8.39. The zero-order chi connectivity index (χ0) is 10.0. The fourth-order valence-electron chi connectivity index (χ4n) is 1.10. The molecule has 0 spiro atoms. The minimum atomic E-state index is -0.968. The number of aromatic nitrogens is 1. The van der Waals surface area contributed by atoms with Gasteiger partial charge in [0.1, 0.15) is 6.04 Å². The molecule has 0 radical (unpaired) electrons. The van der Waals surface area contributed by atoms with Crippen LogP contribution in [0.4, 0.5) is 0 Å². The van der Waals surface area contributed by atoms with E-state index in [4.69, 9.17) is 10.8 Å². The van der Waals surface area contributed by atoms with Crippen LogP contribution in [0.5, 0.6) is 0 Å². The van der Waals surface area contributed by atoms with E-state index in [-0.39, 0.29) is 0 Å². The molecule has 0 fully saturated rings. The van der Waals surface area contributed by atoms with E-state index in [9.17, 15) is 4.79 Å². The number of hydrogen-bond donors (Lipinski definition) is 2. The molecule has 1 aromatic heterocycles. The topological polar surface area (TPSA) is 76.2 Å². The van der Waals surface area contributed by atoms with E-state index in [1.54, 1.807) is 0 Å². The molecule has 0 aliphatic rings. The highest BCUT2D eigenvalue weighted by Gasteiger charge is 2.16. The van der Waals surface area contributed by atoms with Gasteiger partial charge in [-0.05, 0) is 30.9 Å². The van der Waals surface area contributed by atoms with E-state index < -0.39 is 12.0 Å². The molecule has 72 valence electrons. The standard InChI is InChI=1S/C8H12N2O2S/c1-4-6(5(2)13-10-4)3-7(9)8(11)12/h7H,3,9H2,1-2H3,(H,11,12). The van der Waals surface area contributed by atoms with Crippen molar-refractivity contribution in [2.24, 2.45) is 5.73 Å². The normalized spacial score (nSPS) is 12.8. The number of aliphatic carboxylic acids is 1. The van der Waals surface area contributed by atoms with Crippen LogP contribution in [-0.4, -0.2) is 21.5 Å². The van der Waals surface area contributed by atoms with E-state index >= 15 is 0 Å². The van der Waals surface area contributed by atoms with Gasteiger partial charge in [0.25, 0.3) is 0 Å². The van der Waals surface area contributed by atoms with Gasteiger partial charge in [-0.3, -0.25) is 4.79 Å². The molecule has 1 unspecified atom stereocenters. The Balaban J connectivity index is 2.79. The summed E-state index contributed by atoms with van der Waals surface area (Å²) in [5.41, 5.74) is 7.28. The summed E-state index contributed by atoms with van der Waals surface area (Å²) in [7, 11) is 0. The van der Waals surface area contributed by atoms with Crippen molar-refractivity contribution in [2.45, 2.75) is 26.3 Å². The molecule has 5 heteroatoms. The lowest BCUT2D eigenvalue weighted by molar-refractivity contribution is -0.138. The molecule has 0 bridgehead atoms. The van der Waals surface area contributed by atoms with Crippen molar-refractivity contribution >= 4 is 17.5 Å². The zero-order valence-electron chi connectivity index (χ0n) is 7.57. The van der Waals surface area contributed by atoms with Crippen LogP contribution in [0, 0.1) is 13.8 Å². The lowest BCUT2D eigenvalue weighted by Gasteiger charge is -2.05. The highest BCUT2D eigenvalue weighted by atomic mass is 32.1.